The van der Waals surface area contributed by atoms with Crippen molar-refractivity contribution < 1.29 is 4.39 Å². The standard InChI is InChI=1S/C17H24BrFN6/c1-20-17(21-8-2-3-10-25-12-23-24-13-25)22-9-4-5-14-6-7-15(18)11-16(14)19/h6-7,11-13H,2-5,8-10H2,1H3,(H2,20,21,22). The van der Waals surface area contributed by atoms with E-state index in [1.165, 1.54) is 6.07 Å². The number of hydrogen-bond acceptors (Lipinski definition) is 3. The first-order chi connectivity index (χ1) is 12.2. The van der Waals surface area contributed by atoms with E-state index in [0.717, 1.165) is 54.9 Å². The molecule has 0 radical (unpaired) electrons. The van der Waals surface area contributed by atoms with E-state index in [1.807, 2.05) is 16.7 Å². The number of nitrogens with zero attached hydrogens (tertiary/aromatic N) is 4. The van der Waals surface area contributed by atoms with Crippen molar-refractivity contribution in [2.24, 2.45) is 4.99 Å². The van der Waals surface area contributed by atoms with E-state index in [0.29, 0.717) is 6.42 Å². The second kappa shape index (κ2) is 10.8. The number of unbranched alkanes of at least 4 members (excludes halogenated alkanes) is 1. The minimum Gasteiger partial charge on any atom is -0.356 e. The number of guanidine groups is 1. The lowest BCUT2D eigenvalue weighted by atomic mass is 10.1. The van der Waals surface area contributed by atoms with Crippen molar-refractivity contribution in [1.29, 1.82) is 0 Å². The first kappa shape index (κ1) is 19.4. The Morgan fingerprint density at radius 1 is 1.16 bits per heavy atom. The fraction of sp³-hybridized carbons (Fsp3) is 0.471. The highest BCUT2D eigenvalue weighted by Gasteiger charge is 2.03. The summed E-state index contributed by atoms with van der Waals surface area (Å²) in [5.41, 5.74) is 0.738. The summed E-state index contributed by atoms with van der Waals surface area (Å²) in [5, 5.41) is 14.1. The highest BCUT2D eigenvalue weighted by atomic mass is 79.9. The monoisotopic (exact) mass is 410 g/mol. The van der Waals surface area contributed by atoms with Crippen molar-refractivity contribution in [2.75, 3.05) is 20.1 Å². The van der Waals surface area contributed by atoms with E-state index in [1.54, 1.807) is 19.7 Å². The van der Waals surface area contributed by atoms with E-state index in [2.05, 4.69) is 41.8 Å². The van der Waals surface area contributed by atoms with E-state index in [-0.39, 0.29) is 5.82 Å². The number of benzene rings is 1. The lowest BCUT2D eigenvalue weighted by Crippen LogP contribution is -2.38. The lowest BCUT2D eigenvalue weighted by Gasteiger charge is -2.12. The van der Waals surface area contributed by atoms with Crippen LogP contribution in [0.25, 0.3) is 0 Å². The van der Waals surface area contributed by atoms with E-state index in [4.69, 9.17) is 0 Å². The van der Waals surface area contributed by atoms with Crippen molar-refractivity contribution in [1.82, 2.24) is 25.4 Å². The Morgan fingerprint density at radius 2 is 1.88 bits per heavy atom. The molecule has 1 aromatic heterocycles. The zero-order chi connectivity index (χ0) is 17.9. The van der Waals surface area contributed by atoms with Crippen LogP contribution in [0, 0.1) is 5.82 Å². The molecule has 0 saturated carbocycles. The zero-order valence-corrected chi connectivity index (χ0v) is 16.0. The van der Waals surface area contributed by atoms with Gasteiger partial charge in [-0.3, -0.25) is 4.99 Å². The molecule has 136 valence electrons. The second-order valence-corrected chi connectivity index (χ2v) is 6.59. The van der Waals surface area contributed by atoms with Gasteiger partial charge in [-0.25, -0.2) is 4.39 Å². The fourth-order valence-corrected chi connectivity index (χ4v) is 2.73. The first-order valence-corrected chi connectivity index (χ1v) is 9.19. The number of aliphatic imine (C=N–C) groups is 1. The van der Waals surface area contributed by atoms with Crippen molar-refractivity contribution in [3.05, 3.63) is 46.7 Å². The summed E-state index contributed by atoms with van der Waals surface area (Å²) in [7, 11) is 1.75. The number of rotatable bonds is 9. The molecule has 0 fully saturated rings. The highest BCUT2D eigenvalue weighted by molar-refractivity contribution is 9.10. The Morgan fingerprint density at radius 3 is 2.56 bits per heavy atom. The smallest absolute Gasteiger partial charge is 0.190 e. The molecule has 25 heavy (non-hydrogen) atoms. The van der Waals surface area contributed by atoms with Gasteiger partial charge in [0.2, 0.25) is 0 Å². The fourth-order valence-electron chi connectivity index (χ4n) is 2.39. The van der Waals surface area contributed by atoms with Crippen molar-refractivity contribution >= 4 is 21.9 Å². The topological polar surface area (TPSA) is 67.1 Å². The molecule has 2 rings (SSSR count). The third kappa shape index (κ3) is 7.21. The molecule has 0 spiro atoms. The zero-order valence-electron chi connectivity index (χ0n) is 14.4. The molecule has 0 amide bonds. The third-order valence-corrected chi connectivity index (χ3v) is 4.25. The average molecular weight is 411 g/mol. The van der Waals surface area contributed by atoms with Crippen LogP contribution in [-0.4, -0.2) is 40.9 Å². The molecule has 1 aromatic carbocycles. The average Bonchev–Trinajstić information content (AvgIpc) is 3.11. The van der Waals surface area contributed by atoms with Gasteiger partial charge in [-0.1, -0.05) is 22.0 Å². The predicted octanol–water partition coefficient (Wildman–Crippen LogP) is 2.76. The summed E-state index contributed by atoms with van der Waals surface area (Å²) in [6.45, 7) is 2.51. The van der Waals surface area contributed by atoms with E-state index >= 15 is 0 Å². The van der Waals surface area contributed by atoms with Crippen LogP contribution in [0.5, 0.6) is 0 Å². The van der Waals surface area contributed by atoms with Crippen LogP contribution in [0.3, 0.4) is 0 Å². The van der Waals surface area contributed by atoms with Gasteiger partial charge >= 0.3 is 0 Å². The van der Waals surface area contributed by atoms with Crippen molar-refractivity contribution in [2.45, 2.75) is 32.2 Å². The van der Waals surface area contributed by atoms with Crippen LogP contribution in [0.15, 0.2) is 40.3 Å². The van der Waals surface area contributed by atoms with Crippen LogP contribution in [0.4, 0.5) is 4.39 Å². The van der Waals surface area contributed by atoms with Gasteiger partial charge < -0.3 is 15.2 Å². The maximum absolute atomic E-state index is 13.7. The Balaban J connectivity index is 1.57. The van der Waals surface area contributed by atoms with Gasteiger partial charge in [0, 0.05) is 31.2 Å². The molecular weight excluding hydrogens is 387 g/mol. The van der Waals surface area contributed by atoms with Crippen LogP contribution in [-0.2, 0) is 13.0 Å². The highest BCUT2D eigenvalue weighted by Crippen LogP contribution is 2.16. The van der Waals surface area contributed by atoms with Gasteiger partial charge in [0.1, 0.15) is 18.5 Å². The van der Waals surface area contributed by atoms with Gasteiger partial charge in [-0.15, -0.1) is 10.2 Å². The van der Waals surface area contributed by atoms with Crippen LogP contribution in [0.1, 0.15) is 24.8 Å². The maximum atomic E-state index is 13.7. The molecule has 0 unspecified atom stereocenters. The number of nitrogens with one attached hydrogen (secondary N) is 2. The summed E-state index contributed by atoms with van der Waals surface area (Å²) in [4.78, 5) is 4.20. The van der Waals surface area contributed by atoms with Crippen molar-refractivity contribution in [3.8, 4) is 0 Å². The van der Waals surface area contributed by atoms with E-state index in [9.17, 15) is 4.39 Å². The van der Waals surface area contributed by atoms with Crippen molar-refractivity contribution in [3.63, 3.8) is 0 Å². The molecule has 0 saturated heterocycles. The SMILES string of the molecule is CN=C(NCCCCn1cnnc1)NCCCc1ccc(Br)cc1F. The van der Waals surface area contributed by atoms with Crippen LogP contribution < -0.4 is 10.6 Å². The number of aryl methyl sites for hydroxylation is 2. The number of halogens is 2. The molecule has 0 aliphatic carbocycles. The largest absolute Gasteiger partial charge is 0.356 e. The summed E-state index contributed by atoms with van der Waals surface area (Å²) in [5.74, 6) is 0.616. The third-order valence-electron chi connectivity index (χ3n) is 3.76. The minimum absolute atomic E-state index is 0.162. The van der Waals surface area contributed by atoms with Gasteiger partial charge in [0.05, 0.1) is 0 Å². The molecule has 1 heterocycles. The molecule has 2 aromatic rings. The quantitative estimate of drug-likeness (QED) is 0.378. The number of hydrogen-bond donors (Lipinski definition) is 2. The molecule has 0 aliphatic heterocycles. The summed E-state index contributed by atoms with van der Waals surface area (Å²) in [6, 6.07) is 5.19. The Bertz CT molecular complexity index is 659. The maximum Gasteiger partial charge on any atom is 0.190 e. The Hall–Kier alpha value is -1.96. The molecule has 2 N–H and O–H groups in total. The summed E-state index contributed by atoms with van der Waals surface area (Å²) < 4.78 is 16.5. The normalized spacial score (nSPS) is 11.6. The second-order valence-electron chi connectivity index (χ2n) is 5.67. The lowest BCUT2D eigenvalue weighted by molar-refractivity contribution is 0.594. The number of aromatic nitrogens is 3. The molecule has 0 bridgehead atoms. The molecule has 6 nitrogen and oxygen atoms in total. The molecule has 0 atom stereocenters. The summed E-state index contributed by atoms with van der Waals surface area (Å²) >= 11 is 3.27. The van der Waals surface area contributed by atoms with Gasteiger partial charge in [0.25, 0.3) is 0 Å². The van der Waals surface area contributed by atoms with Gasteiger partial charge in [0.15, 0.2) is 5.96 Å². The summed E-state index contributed by atoms with van der Waals surface area (Å²) in [6.07, 6.45) is 7.06. The first-order valence-electron chi connectivity index (χ1n) is 8.40. The van der Waals surface area contributed by atoms with E-state index < -0.39 is 0 Å². The molecule has 0 aliphatic rings. The molecular formula is C17H24BrFN6. The Kier molecular flexibility index (Phi) is 8.38. The van der Waals surface area contributed by atoms with Gasteiger partial charge in [-0.05, 0) is 43.4 Å². The predicted molar refractivity (Wildman–Crippen MR) is 101 cm³/mol. The van der Waals surface area contributed by atoms with Crippen LogP contribution >= 0.6 is 15.9 Å². The molecule has 8 heteroatoms. The minimum atomic E-state index is -0.162. The van der Waals surface area contributed by atoms with Crippen LogP contribution in [0.2, 0.25) is 0 Å². The van der Waals surface area contributed by atoms with Gasteiger partial charge in [-0.2, -0.15) is 0 Å². The Labute approximate surface area is 156 Å².